The molecule has 1 aromatic heterocycles. The molecule has 1 heterocycles. The molecule has 5 heteroatoms. The van der Waals surface area contributed by atoms with Gasteiger partial charge in [0, 0.05) is 34.8 Å². The third kappa shape index (κ3) is 4.74. The van der Waals surface area contributed by atoms with Gasteiger partial charge in [-0.2, -0.15) is 0 Å². The predicted molar refractivity (Wildman–Crippen MR) is 112 cm³/mol. The number of benzene rings is 2. The lowest BCUT2D eigenvalue weighted by Crippen LogP contribution is -2.27. The number of ketones is 1. The van der Waals surface area contributed by atoms with E-state index in [2.05, 4.69) is 10.3 Å². The van der Waals surface area contributed by atoms with Crippen molar-refractivity contribution in [3.63, 3.8) is 0 Å². The largest absolute Gasteiger partial charge is 0.325 e. The second kappa shape index (κ2) is 8.35. The monoisotopic (exact) mass is 390 g/mol. The minimum atomic E-state index is -0.689. The Kier molecular flexibility index (Phi) is 5.87. The van der Waals surface area contributed by atoms with Gasteiger partial charge < -0.3 is 5.32 Å². The van der Waals surface area contributed by atoms with Crippen LogP contribution in [0.4, 0.5) is 10.1 Å². The lowest BCUT2D eigenvalue weighted by atomic mass is 9.94. The molecule has 0 atom stereocenters. The van der Waals surface area contributed by atoms with Crippen molar-refractivity contribution >= 4 is 17.4 Å². The molecular formula is C24H23FN2O2. The molecule has 0 spiro atoms. The summed E-state index contributed by atoms with van der Waals surface area (Å²) in [6, 6.07) is 17.6. The van der Waals surface area contributed by atoms with E-state index in [-0.39, 0.29) is 23.6 Å². The number of Topliss-reactive ketones (excluding diaryl/α,β-unsaturated/α-hetero) is 1. The van der Waals surface area contributed by atoms with Crippen LogP contribution in [0.5, 0.6) is 0 Å². The van der Waals surface area contributed by atoms with E-state index in [0.717, 1.165) is 5.56 Å². The molecular weight excluding hydrogens is 367 g/mol. The van der Waals surface area contributed by atoms with Gasteiger partial charge in [-0.25, -0.2) is 9.37 Å². The number of anilines is 1. The molecule has 3 aromatic rings. The number of halogens is 1. The number of nitrogens with one attached hydrogen (secondary N) is 1. The number of carbonyl (C=O) groups is 2. The molecule has 2 aromatic carbocycles. The van der Waals surface area contributed by atoms with Crippen LogP contribution >= 0.6 is 0 Å². The Bertz CT molecular complexity index is 1040. The van der Waals surface area contributed by atoms with Crippen molar-refractivity contribution in [2.24, 2.45) is 5.41 Å². The quantitative estimate of drug-likeness (QED) is 0.602. The summed E-state index contributed by atoms with van der Waals surface area (Å²) in [6.07, 6.45) is 1.48. The molecule has 0 aliphatic heterocycles. The summed E-state index contributed by atoms with van der Waals surface area (Å²) in [6.45, 7) is 5.41. The van der Waals surface area contributed by atoms with E-state index in [4.69, 9.17) is 0 Å². The SMILES string of the molecule is CC(C)(C)C(=O)Nc1ccccc1-c1ccnc(C(=O)Cc2ccccc2)c1F. The normalized spacial score (nSPS) is 11.2. The highest BCUT2D eigenvalue weighted by atomic mass is 19.1. The molecule has 0 bridgehead atoms. The van der Waals surface area contributed by atoms with Crippen molar-refractivity contribution in [1.82, 2.24) is 4.98 Å². The number of aromatic nitrogens is 1. The molecule has 0 aliphatic carbocycles. The Morgan fingerprint density at radius 3 is 2.28 bits per heavy atom. The molecule has 0 unspecified atom stereocenters. The van der Waals surface area contributed by atoms with Gasteiger partial charge in [-0.3, -0.25) is 9.59 Å². The number of hydrogen-bond acceptors (Lipinski definition) is 3. The topological polar surface area (TPSA) is 59.1 Å². The summed E-state index contributed by atoms with van der Waals surface area (Å²) in [5.74, 6) is -1.27. The van der Waals surface area contributed by atoms with Gasteiger partial charge in [-0.05, 0) is 17.7 Å². The van der Waals surface area contributed by atoms with Gasteiger partial charge in [0.1, 0.15) is 5.69 Å². The van der Waals surface area contributed by atoms with Crippen molar-refractivity contribution in [3.05, 3.63) is 83.9 Å². The van der Waals surface area contributed by atoms with Crippen molar-refractivity contribution in [3.8, 4) is 11.1 Å². The molecule has 148 valence electrons. The highest BCUT2D eigenvalue weighted by molar-refractivity contribution is 6.00. The van der Waals surface area contributed by atoms with Crippen molar-refractivity contribution < 1.29 is 14.0 Å². The minimum Gasteiger partial charge on any atom is -0.325 e. The maximum absolute atomic E-state index is 15.3. The minimum absolute atomic E-state index is 0.0661. The number of pyridine rings is 1. The van der Waals surface area contributed by atoms with Crippen LogP contribution in [0.15, 0.2) is 66.9 Å². The van der Waals surface area contributed by atoms with Crippen LogP contribution in [0.25, 0.3) is 11.1 Å². The van der Waals surface area contributed by atoms with Gasteiger partial charge in [-0.15, -0.1) is 0 Å². The van der Waals surface area contributed by atoms with Crippen LogP contribution < -0.4 is 5.32 Å². The molecule has 0 saturated heterocycles. The van der Waals surface area contributed by atoms with E-state index in [1.54, 1.807) is 45.0 Å². The Morgan fingerprint density at radius 1 is 0.931 bits per heavy atom. The van der Waals surface area contributed by atoms with E-state index in [0.29, 0.717) is 11.3 Å². The summed E-state index contributed by atoms with van der Waals surface area (Å²) in [5, 5.41) is 2.85. The predicted octanol–water partition coefficient (Wildman–Crippen LogP) is 5.30. The summed E-state index contributed by atoms with van der Waals surface area (Å²) < 4.78 is 15.3. The Hall–Kier alpha value is -3.34. The maximum Gasteiger partial charge on any atom is 0.229 e. The van der Waals surface area contributed by atoms with Crippen LogP contribution in [-0.4, -0.2) is 16.7 Å². The van der Waals surface area contributed by atoms with Crippen LogP contribution in [-0.2, 0) is 11.2 Å². The number of amides is 1. The van der Waals surface area contributed by atoms with E-state index in [1.807, 2.05) is 30.3 Å². The van der Waals surface area contributed by atoms with Gasteiger partial charge in [0.15, 0.2) is 11.6 Å². The van der Waals surface area contributed by atoms with Gasteiger partial charge in [0.25, 0.3) is 0 Å². The molecule has 29 heavy (non-hydrogen) atoms. The second-order valence-corrected chi connectivity index (χ2v) is 7.86. The molecule has 1 N–H and O–H groups in total. The number of hydrogen-bond donors (Lipinski definition) is 1. The standard InChI is InChI=1S/C24H23FN2O2/c1-24(2,3)23(29)27-19-12-8-7-11-17(19)18-13-14-26-22(21(18)25)20(28)15-16-9-5-4-6-10-16/h4-14H,15H2,1-3H3,(H,27,29). The maximum atomic E-state index is 15.3. The fraction of sp³-hybridized carbons (Fsp3) is 0.208. The van der Waals surface area contributed by atoms with E-state index >= 15 is 4.39 Å². The van der Waals surface area contributed by atoms with Crippen LogP contribution in [0.2, 0.25) is 0 Å². The van der Waals surface area contributed by atoms with E-state index in [9.17, 15) is 9.59 Å². The average Bonchev–Trinajstić information content (AvgIpc) is 2.69. The van der Waals surface area contributed by atoms with Crippen LogP contribution in [0, 0.1) is 11.2 Å². The fourth-order valence-electron chi connectivity index (χ4n) is 2.85. The Balaban J connectivity index is 1.96. The molecule has 4 nitrogen and oxygen atoms in total. The number of carbonyl (C=O) groups excluding carboxylic acids is 2. The van der Waals surface area contributed by atoms with E-state index < -0.39 is 17.0 Å². The van der Waals surface area contributed by atoms with Crippen molar-refractivity contribution in [2.45, 2.75) is 27.2 Å². The zero-order chi connectivity index (χ0) is 21.0. The summed E-state index contributed by atoms with van der Waals surface area (Å²) in [4.78, 5) is 29.0. The van der Waals surface area contributed by atoms with Crippen molar-refractivity contribution in [1.29, 1.82) is 0 Å². The molecule has 0 aliphatic rings. The van der Waals surface area contributed by atoms with Gasteiger partial charge in [0.2, 0.25) is 5.91 Å². The van der Waals surface area contributed by atoms with E-state index in [1.165, 1.54) is 12.3 Å². The first-order valence-electron chi connectivity index (χ1n) is 9.40. The first-order chi connectivity index (χ1) is 13.8. The molecule has 0 radical (unpaired) electrons. The molecule has 3 rings (SSSR count). The zero-order valence-electron chi connectivity index (χ0n) is 16.7. The lowest BCUT2D eigenvalue weighted by Gasteiger charge is -2.19. The third-order valence-electron chi connectivity index (χ3n) is 4.51. The molecule has 1 amide bonds. The zero-order valence-corrected chi connectivity index (χ0v) is 16.7. The molecule has 0 saturated carbocycles. The van der Waals surface area contributed by atoms with Gasteiger partial charge in [0.05, 0.1) is 0 Å². The Morgan fingerprint density at radius 2 is 1.59 bits per heavy atom. The number of para-hydroxylation sites is 1. The summed E-state index contributed by atoms with van der Waals surface area (Å²) >= 11 is 0. The summed E-state index contributed by atoms with van der Waals surface area (Å²) in [7, 11) is 0. The number of rotatable bonds is 5. The fourth-order valence-corrected chi connectivity index (χ4v) is 2.85. The van der Waals surface area contributed by atoms with Gasteiger partial charge >= 0.3 is 0 Å². The van der Waals surface area contributed by atoms with Crippen molar-refractivity contribution in [2.75, 3.05) is 5.32 Å². The highest BCUT2D eigenvalue weighted by Gasteiger charge is 2.24. The lowest BCUT2D eigenvalue weighted by molar-refractivity contribution is -0.123. The smallest absolute Gasteiger partial charge is 0.229 e. The third-order valence-corrected chi connectivity index (χ3v) is 4.51. The highest BCUT2D eigenvalue weighted by Crippen LogP contribution is 2.32. The first kappa shape index (κ1) is 20.4. The number of nitrogens with zero attached hydrogens (tertiary/aromatic N) is 1. The Labute approximate surface area is 169 Å². The van der Waals surface area contributed by atoms with Gasteiger partial charge in [-0.1, -0.05) is 69.3 Å². The second-order valence-electron chi connectivity index (χ2n) is 7.86. The van der Waals surface area contributed by atoms with Crippen LogP contribution in [0.3, 0.4) is 0 Å². The first-order valence-corrected chi connectivity index (χ1v) is 9.40. The van der Waals surface area contributed by atoms with Crippen LogP contribution in [0.1, 0.15) is 36.8 Å². The average molecular weight is 390 g/mol. The molecule has 0 fully saturated rings. The summed E-state index contributed by atoms with van der Waals surface area (Å²) in [5.41, 5.74) is 1.20.